The van der Waals surface area contributed by atoms with Gasteiger partial charge in [-0.1, -0.05) is 30.9 Å². The maximum absolute atomic E-state index is 5.74. The number of guanidine groups is 1. The van der Waals surface area contributed by atoms with Crippen LogP contribution in [0.1, 0.15) is 31.7 Å². The van der Waals surface area contributed by atoms with Crippen molar-refractivity contribution in [1.82, 2.24) is 15.5 Å². The third kappa shape index (κ3) is 9.82. The number of hydrogen-bond donors (Lipinski definition) is 2. The molecule has 7 heteroatoms. The monoisotopic (exact) mass is 516 g/mol. The number of benzene rings is 1. The second-order valence-corrected chi connectivity index (χ2v) is 7.01. The van der Waals surface area contributed by atoms with E-state index in [1.54, 1.807) is 13.2 Å². The summed E-state index contributed by atoms with van der Waals surface area (Å²) in [7, 11) is 1.77. The Balaban J connectivity index is 0.00000420. The van der Waals surface area contributed by atoms with Gasteiger partial charge in [-0.05, 0) is 32.3 Å². The SMILES string of the molecule is C=CCOc1ccccc1CN=C(NCC)NC1CCN(CCCOC)CC1.I. The molecule has 0 aromatic heterocycles. The topological polar surface area (TPSA) is 58.1 Å². The normalized spacial score (nSPS) is 15.4. The summed E-state index contributed by atoms with van der Waals surface area (Å²) in [5.41, 5.74) is 1.08. The van der Waals surface area contributed by atoms with Crippen LogP contribution in [0, 0.1) is 0 Å². The van der Waals surface area contributed by atoms with Gasteiger partial charge in [0.25, 0.3) is 0 Å². The van der Waals surface area contributed by atoms with E-state index in [0.29, 0.717) is 19.2 Å². The van der Waals surface area contributed by atoms with Crippen molar-refractivity contribution in [2.24, 2.45) is 4.99 Å². The molecule has 0 unspecified atom stereocenters. The molecule has 29 heavy (non-hydrogen) atoms. The predicted molar refractivity (Wildman–Crippen MR) is 131 cm³/mol. The zero-order valence-corrected chi connectivity index (χ0v) is 20.2. The molecule has 0 saturated carbocycles. The molecule has 0 bridgehead atoms. The van der Waals surface area contributed by atoms with Crippen LogP contribution in [0.2, 0.25) is 0 Å². The fourth-order valence-corrected chi connectivity index (χ4v) is 3.33. The zero-order valence-electron chi connectivity index (χ0n) is 17.9. The fraction of sp³-hybridized carbons (Fsp3) is 0.591. The van der Waals surface area contributed by atoms with E-state index in [9.17, 15) is 0 Å². The number of ether oxygens (including phenoxy) is 2. The Morgan fingerprint density at radius 1 is 1.31 bits per heavy atom. The number of nitrogens with one attached hydrogen (secondary N) is 2. The number of likely N-dealkylation sites (tertiary alicyclic amines) is 1. The minimum Gasteiger partial charge on any atom is -0.489 e. The first-order valence-corrected chi connectivity index (χ1v) is 10.3. The third-order valence-corrected chi connectivity index (χ3v) is 4.83. The second-order valence-electron chi connectivity index (χ2n) is 7.01. The molecule has 0 spiro atoms. The van der Waals surface area contributed by atoms with Crippen molar-refractivity contribution in [3.8, 4) is 5.75 Å². The molecular weight excluding hydrogens is 479 g/mol. The highest BCUT2D eigenvalue weighted by molar-refractivity contribution is 14.0. The molecule has 1 aromatic carbocycles. The number of aliphatic imine (C=N–C) groups is 1. The zero-order chi connectivity index (χ0) is 20.0. The quantitative estimate of drug-likeness (QED) is 0.155. The molecule has 6 nitrogen and oxygen atoms in total. The van der Waals surface area contributed by atoms with E-state index in [4.69, 9.17) is 14.5 Å². The van der Waals surface area contributed by atoms with Crippen LogP contribution in [-0.4, -0.2) is 63.4 Å². The van der Waals surface area contributed by atoms with Gasteiger partial charge in [0.2, 0.25) is 0 Å². The standard InChI is InChI=1S/C22H36N4O2.HI/c1-4-16-28-21-10-7-6-9-19(21)18-24-22(23-5-2)25-20-11-14-26(15-12-20)13-8-17-27-3;/h4,6-7,9-10,20H,1,5,8,11-18H2,2-3H3,(H2,23,24,25);1H. The molecule has 1 heterocycles. The number of piperidine rings is 1. The summed E-state index contributed by atoms with van der Waals surface area (Å²) >= 11 is 0. The molecule has 1 aliphatic rings. The molecule has 0 amide bonds. The van der Waals surface area contributed by atoms with E-state index in [1.165, 1.54) is 0 Å². The molecule has 2 rings (SSSR count). The molecule has 2 N–H and O–H groups in total. The molecular formula is C22H37IN4O2. The van der Waals surface area contributed by atoms with E-state index < -0.39 is 0 Å². The highest BCUT2D eigenvalue weighted by atomic mass is 127. The van der Waals surface area contributed by atoms with Gasteiger partial charge < -0.3 is 25.0 Å². The first kappa shape index (κ1) is 25.7. The Morgan fingerprint density at radius 2 is 2.07 bits per heavy atom. The van der Waals surface area contributed by atoms with Crippen molar-refractivity contribution in [2.45, 2.75) is 38.8 Å². The van der Waals surface area contributed by atoms with Crippen LogP contribution < -0.4 is 15.4 Å². The summed E-state index contributed by atoms with van der Waals surface area (Å²) < 4.78 is 10.9. The first-order chi connectivity index (χ1) is 13.8. The largest absolute Gasteiger partial charge is 0.489 e. The minimum absolute atomic E-state index is 0. The number of methoxy groups -OCH3 is 1. The summed E-state index contributed by atoms with van der Waals surface area (Å²) in [5, 5.41) is 6.98. The van der Waals surface area contributed by atoms with Gasteiger partial charge in [-0.25, -0.2) is 4.99 Å². The lowest BCUT2D eigenvalue weighted by molar-refractivity contribution is 0.155. The smallest absolute Gasteiger partial charge is 0.191 e. The molecule has 1 saturated heterocycles. The minimum atomic E-state index is 0. The summed E-state index contributed by atoms with van der Waals surface area (Å²) in [6.45, 7) is 11.9. The average molecular weight is 516 g/mol. The summed E-state index contributed by atoms with van der Waals surface area (Å²) in [6, 6.07) is 8.50. The Kier molecular flexibility index (Phi) is 13.8. The van der Waals surface area contributed by atoms with Crippen LogP contribution in [0.15, 0.2) is 41.9 Å². The number of nitrogens with zero attached hydrogens (tertiary/aromatic N) is 2. The van der Waals surface area contributed by atoms with Crippen molar-refractivity contribution in [3.63, 3.8) is 0 Å². The number of rotatable bonds is 11. The predicted octanol–water partition coefficient (Wildman–Crippen LogP) is 3.43. The van der Waals surface area contributed by atoms with Crippen molar-refractivity contribution < 1.29 is 9.47 Å². The van der Waals surface area contributed by atoms with Gasteiger partial charge in [-0.15, -0.1) is 24.0 Å². The van der Waals surface area contributed by atoms with Crippen LogP contribution >= 0.6 is 24.0 Å². The average Bonchev–Trinajstić information content (AvgIpc) is 2.72. The molecule has 0 aliphatic carbocycles. The third-order valence-electron chi connectivity index (χ3n) is 4.83. The van der Waals surface area contributed by atoms with E-state index in [1.807, 2.05) is 18.2 Å². The lowest BCUT2D eigenvalue weighted by Gasteiger charge is -2.33. The first-order valence-electron chi connectivity index (χ1n) is 10.3. The van der Waals surface area contributed by atoms with Crippen LogP contribution in [0.3, 0.4) is 0 Å². The molecule has 164 valence electrons. The maximum Gasteiger partial charge on any atom is 0.191 e. The van der Waals surface area contributed by atoms with Crippen molar-refractivity contribution in [1.29, 1.82) is 0 Å². The molecule has 1 aliphatic heterocycles. The maximum atomic E-state index is 5.74. The summed E-state index contributed by atoms with van der Waals surface area (Å²) in [5.74, 6) is 1.74. The molecule has 1 aromatic rings. The Labute approximate surface area is 193 Å². The van der Waals surface area contributed by atoms with E-state index in [2.05, 4.69) is 35.1 Å². The fourth-order valence-electron chi connectivity index (χ4n) is 3.33. The Bertz CT molecular complexity index is 604. The van der Waals surface area contributed by atoms with Gasteiger partial charge >= 0.3 is 0 Å². The van der Waals surface area contributed by atoms with Gasteiger partial charge in [0, 0.05) is 51.5 Å². The lowest BCUT2D eigenvalue weighted by atomic mass is 10.1. The van der Waals surface area contributed by atoms with Gasteiger partial charge in [0.15, 0.2) is 5.96 Å². The van der Waals surface area contributed by atoms with Crippen molar-refractivity contribution in [2.75, 3.05) is 46.5 Å². The molecule has 1 fully saturated rings. The lowest BCUT2D eigenvalue weighted by Crippen LogP contribution is -2.48. The summed E-state index contributed by atoms with van der Waals surface area (Å²) in [4.78, 5) is 7.31. The second kappa shape index (κ2) is 15.5. The van der Waals surface area contributed by atoms with Gasteiger partial charge in [0.05, 0.1) is 6.54 Å². The molecule has 0 atom stereocenters. The van der Waals surface area contributed by atoms with E-state index in [0.717, 1.165) is 69.3 Å². The Morgan fingerprint density at radius 3 is 2.76 bits per heavy atom. The van der Waals surface area contributed by atoms with Gasteiger partial charge in [0.1, 0.15) is 12.4 Å². The highest BCUT2D eigenvalue weighted by Gasteiger charge is 2.19. The number of para-hydroxylation sites is 1. The number of hydrogen-bond acceptors (Lipinski definition) is 4. The number of halogens is 1. The van der Waals surface area contributed by atoms with Gasteiger partial charge in [-0.2, -0.15) is 0 Å². The van der Waals surface area contributed by atoms with Gasteiger partial charge in [-0.3, -0.25) is 0 Å². The van der Waals surface area contributed by atoms with Crippen LogP contribution in [0.5, 0.6) is 5.75 Å². The van der Waals surface area contributed by atoms with Crippen LogP contribution in [0.25, 0.3) is 0 Å². The molecule has 0 radical (unpaired) electrons. The van der Waals surface area contributed by atoms with E-state index >= 15 is 0 Å². The highest BCUT2D eigenvalue weighted by Crippen LogP contribution is 2.19. The van der Waals surface area contributed by atoms with Crippen molar-refractivity contribution >= 4 is 29.9 Å². The van der Waals surface area contributed by atoms with Crippen LogP contribution in [0.4, 0.5) is 0 Å². The Hall–Kier alpha value is -1.32. The van der Waals surface area contributed by atoms with Crippen LogP contribution in [-0.2, 0) is 11.3 Å². The summed E-state index contributed by atoms with van der Waals surface area (Å²) in [6.07, 6.45) is 5.13. The van der Waals surface area contributed by atoms with Crippen molar-refractivity contribution in [3.05, 3.63) is 42.5 Å². The van der Waals surface area contributed by atoms with E-state index in [-0.39, 0.29) is 24.0 Å².